The van der Waals surface area contributed by atoms with E-state index in [0.717, 1.165) is 33.2 Å². The summed E-state index contributed by atoms with van der Waals surface area (Å²) in [6.07, 6.45) is 1.21. The topological polar surface area (TPSA) is 28.7 Å². The number of nitrogens with zero attached hydrogens (tertiary/aromatic N) is 1. The van der Waals surface area contributed by atoms with Crippen LogP contribution in [0.5, 0.6) is 0 Å². The summed E-state index contributed by atoms with van der Waals surface area (Å²) in [5.74, 6) is 1.83. The first-order valence-corrected chi connectivity index (χ1v) is 7.57. The van der Waals surface area contributed by atoms with Gasteiger partial charge in [0.1, 0.15) is 0 Å². The molecule has 1 atom stereocenters. The van der Waals surface area contributed by atoms with Crippen LogP contribution in [-0.2, 0) is 0 Å². The molecule has 86 valence electrons. The average molecular weight is 299 g/mol. The summed E-state index contributed by atoms with van der Waals surface area (Å²) in [6.45, 7) is 2.23. The normalized spacial score (nSPS) is 13.1. The Hall–Kier alpha value is -0.480. The van der Waals surface area contributed by atoms with Gasteiger partial charge in [0.15, 0.2) is 5.16 Å². The Bertz CT molecular complexity index is 418. The van der Waals surface area contributed by atoms with Crippen molar-refractivity contribution >= 4 is 38.7 Å². The molecule has 2 rings (SSSR count). The maximum atomic E-state index is 4.55. The minimum atomic E-state index is 0.721. The van der Waals surface area contributed by atoms with E-state index in [1.807, 2.05) is 18.2 Å². The van der Waals surface area contributed by atoms with Gasteiger partial charge >= 0.3 is 0 Å². The zero-order chi connectivity index (χ0) is 11.4. The van der Waals surface area contributed by atoms with Crippen LogP contribution >= 0.6 is 27.7 Å². The third-order valence-corrected chi connectivity index (χ3v) is 4.64. The smallest absolute Gasteiger partial charge is 0.166 e. The van der Waals surface area contributed by atoms with Gasteiger partial charge in [-0.05, 0) is 18.1 Å². The van der Waals surface area contributed by atoms with E-state index < -0.39 is 0 Å². The number of thioether (sulfide) groups is 1. The summed E-state index contributed by atoms with van der Waals surface area (Å²) in [4.78, 5) is 7.88. The molecular weight excluding hydrogens is 284 g/mol. The van der Waals surface area contributed by atoms with Gasteiger partial charge in [-0.1, -0.05) is 53.2 Å². The number of fused-ring (bicyclic) bond motifs is 1. The summed E-state index contributed by atoms with van der Waals surface area (Å²) in [5.41, 5.74) is 2.17. The fraction of sp³-hybridized carbons (Fsp3) is 0.417. The van der Waals surface area contributed by atoms with Gasteiger partial charge in [-0.2, -0.15) is 0 Å². The molecule has 0 aliphatic heterocycles. The van der Waals surface area contributed by atoms with Crippen LogP contribution in [0.3, 0.4) is 0 Å². The fourth-order valence-electron chi connectivity index (χ4n) is 1.47. The lowest BCUT2D eigenvalue weighted by Gasteiger charge is -2.08. The first-order valence-electron chi connectivity index (χ1n) is 5.47. The van der Waals surface area contributed by atoms with Crippen LogP contribution in [0.2, 0.25) is 0 Å². The zero-order valence-electron chi connectivity index (χ0n) is 9.24. The SMILES string of the molecule is CCC(CBr)CSc1nc2ccccc2[nH]1. The summed E-state index contributed by atoms with van der Waals surface area (Å²) >= 11 is 5.35. The monoisotopic (exact) mass is 298 g/mol. The maximum Gasteiger partial charge on any atom is 0.166 e. The largest absolute Gasteiger partial charge is 0.333 e. The molecule has 0 fully saturated rings. The van der Waals surface area contributed by atoms with E-state index in [1.165, 1.54) is 6.42 Å². The molecular formula is C12H15BrN2S. The Morgan fingerprint density at radius 2 is 2.25 bits per heavy atom. The third kappa shape index (κ3) is 2.80. The summed E-state index contributed by atoms with van der Waals surface area (Å²) in [5, 5.41) is 2.09. The van der Waals surface area contributed by atoms with Crippen molar-refractivity contribution in [3.05, 3.63) is 24.3 Å². The molecule has 0 saturated heterocycles. The van der Waals surface area contributed by atoms with Gasteiger partial charge in [-0.25, -0.2) is 4.98 Å². The maximum absolute atomic E-state index is 4.55. The van der Waals surface area contributed by atoms with Crippen LogP contribution in [0.25, 0.3) is 11.0 Å². The highest BCUT2D eigenvalue weighted by Gasteiger charge is 2.07. The highest BCUT2D eigenvalue weighted by Crippen LogP contribution is 2.23. The lowest BCUT2D eigenvalue weighted by Crippen LogP contribution is -2.03. The number of benzene rings is 1. The second kappa shape index (κ2) is 5.73. The minimum Gasteiger partial charge on any atom is -0.333 e. The molecule has 1 N–H and O–H groups in total. The third-order valence-electron chi connectivity index (χ3n) is 2.62. The molecule has 1 aromatic carbocycles. The van der Waals surface area contributed by atoms with Gasteiger partial charge < -0.3 is 4.98 Å². The van der Waals surface area contributed by atoms with Crippen molar-refractivity contribution in [2.75, 3.05) is 11.1 Å². The number of para-hydroxylation sites is 2. The number of hydrogen-bond acceptors (Lipinski definition) is 2. The molecule has 0 spiro atoms. The molecule has 2 nitrogen and oxygen atoms in total. The molecule has 2 aromatic rings. The standard InChI is InChI=1S/C12H15BrN2S/c1-2-9(7-13)8-16-12-14-10-5-3-4-6-11(10)15-12/h3-6,9H,2,7-8H2,1H3,(H,14,15). The predicted octanol–water partition coefficient (Wildman–Crippen LogP) is 4.08. The van der Waals surface area contributed by atoms with E-state index in [2.05, 4.69) is 38.9 Å². The minimum absolute atomic E-state index is 0.721. The van der Waals surface area contributed by atoms with E-state index in [-0.39, 0.29) is 0 Å². The molecule has 0 bridgehead atoms. The van der Waals surface area contributed by atoms with Gasteiger partial charge in [0.05, 0.1) is 11.0 Å². The first-order chi connectivity index (χ1) is 7.83. The molecule has 4 heteroatoms. The van der Waals surface area contributed by atoms with Crippen molar-refractivity contribution in [3.8, 4) is 0 Å². The van der Waals surface area contributed by atoms with Gasteiger partial charge in [-0.15, -0.1) is 0 Å². The van der Waals surface area contributed by atoms with Crippen molar-refractivity contribution in [2.45, 2.75) is 18.5 Å². The summed E-state index contributed by atoms with van der Waals surface area (Å²) in [7, 11) is 0. The molecule has 1 unspecified atom stereocenters. The Morgan fingerprint density at radius 1 is 1.44 bits per heavy atom. The number of aromatic nitrogens is 2. The molecule has 16 heavy (non-hydrogen) atoms. The van der Waals surface area contributed by atoms with E-state index in [9.17, 15) is 0 Å². The van der Waals surface area contributed by atoms with Gasteiger partial charge in [0, 0.05) is 11.1 Å². The lowest BCUT2D eigenvalue weighted by atomic mass is 10.2. The van der Waals surface area contributed by atoms with Crippen molar-refractivity contribution in [3.63, 3.8) is 0 Å². The second-order valence-corrected chi connectivity index (χ2v) is 5.45. The molecule has 0 aliphatic rings. The molecule has 1 heterocycles. The lowest BCUT2D eigenvalue weighted by molar-refractivity contribution is 0.651. The number of rotatable bonds is 5. The fourth-order valence-corrected chi connectivity index (χ4v) is 3.55. The van der Waals surface area contributed by atoms with E-state index in [1.54, 1.807) is 11.8 Å². The number of H-pyrrole nitrogens is 1. The Morgan fingerprint density at radius 3 is 2.94 bits per heavy atom. The number of alkyl halides is 1. The highest BCUT2D eigenvalue weighted by atomic mass is 79.9. The predicted molar refractivity (Wildman–Crippen MR) is 74.4 cm³/mol. The van der Waals surface area contributed by atoms with E-state index in [0.29, 0.717) is 0 Å². The van der Waals surface area contributed by atoms with E-state index >= 15 is 0 Å². The molecule has 0 amide bonds. The van der Waals surface area contributed by atoms with Crippen LogP contribution in [0, 0.1) is 5.92 Å². The molecule has 0 radical (unpaired) electrons. The second-order valence-electron chi connectivity index (χ2n) is 3.80. The quantitative estimate of drug-likeness (QED) is 0.666. The zero-order valence-corrected chi connectivity index (χ0v) is 11.6. The van der Waals surface area contributed by atoms with Gasteiger partial charge in [0.25, 0.3) is 0 Å². The molecule has 0 aliphatic carbocycles. The van der Waals surface area contributed by atoms with Crippen molar-refractivity contribution in [2.24, 2.45) is 5.92 Å². The van der Waals surface area contributed by atoms with Crippen molar-refractivity contribution in [1.29, 1.82) is 0 Å². The molecule has 1 aromatic heterocycles. The summed E-state index contributed by atoms with van der Waals surface area (Å²) < 4.78 is 0. The van der Waals surface area contributed by atoms with E-state index in [4.69, 9.17) is 0 Å². The number of halogens is 1. The van der Waals surface area contributed by atoms with Crippen molar-refractivity contribution in [1.82, 2.24) is 9.97 Å². The van der Waals surface area contributed by atoms with Crippen LogP contribution in [-0.4, -0.2) is 21.1 Å². The van der Waals surface area contributed by atoms with Crippen LogP contribution in [0.4, 0.5) is 0 Å². The molecule has 0 saturated carbocycles. The first kappa shape index (κ1) is 12.0. The van der Waals surface area contributed by atoms with Crippen LogP contribution in [0.1, 0.15) is 13.3 Å². The Kier molecular flexibility index (Phi) is 4.29. The van der Waals surface area contributed by atoms with Gasteiger partial charge in [-0.3, -0.25) is 0 Å². The Balaban J connectivity index is 2.04. The highest BCUT2D eigenvalue weighted by molar-refractivity contribution is 9.09. The number of imidazole rings is 1. The summed E-state index contributed by atoms with van der Waals surface area (Å²) in [6, 6.07) is 8.15. The van der Waals surface area contributed by atoms with Gasteiger partial charge in [0.2, 0.25) is 0 Å². The van der Waals surface area contributed by atoms with Crippen LogP contribution in [0.15, 0.2) is 29.4 Å². The average Bonchev–Trinajstić information content (AvgIpc) is 2.73. The number of hydrogen-bond donors (Lipinski definition) is 1. The Labute approximate surface area is 108 Å². The number of nitrogens with one attached hydrogen (secondary N) is 1. The van der Waals surface area contributed by atoms with Crippen LogP contribution < -0.4 is 0 Å². The number of aromatic amines is 1. The van der Waals surface area contributed by atoms with Crippen molar-refractivity contribution < 1.29 is 0 Å².